The van der Waals surface area contributed by atoms with Gasteiger partial charge in [-0.05, 0) is 23.1 Å². The van der Waals surface area contributed by atoms with E-state index in [1.165, 1.54) is 11.3 Å². The van der Waals surface area contributed by atoms with Crippen LogP contribution >= 0.6 is 11.3 Å². The summed E-state index contributed by atoms with van der Waals surface area (Å²) in [6.07, 6.45) is 1.67. The number of rotatable bonds is 4. The molecule has 0 bridgehead atoms. The minimum absolute atomic E-state index is 0.0616. The van der Waals surface area contributed by atoms with Crippen molar-refractivity contribution in [1.29, 1.82) is 0 Å². The van der Waals surface area contributed by atoms with Gasteiger partial charge in [0.1, 0.15) is 0 Å². The molecule has 0 saturated carbocycles. The van der Waals surface area contributed by atoms with E-state index in [1.807, 2.05) is 47.8 Å². The molecule has 3 rings (SSSR count). The predicted molar refractivity (Wildman–Crippen MR) is 79.5 cm³/mol. The lowest BCUT2D eigenvalue weighted by molar-refractivity contribution is 0.0955. The van der Waals surface area contributed by atoms with Crippen LogP contribution in [0.5, 0.6) is 0 Å². The van der Waals surface area contributed by atoms with Crippen molar-refractivity contribution in [2.75, 3.05) is 0 Å². The van der Waals surface area contributed by atoms with Crippen LogP contribution in [0.4, 0.5) is 0 Å². The number of amides is 1. The molecule has 0 atom stereocenters. The Morgan fingerprint density at radius 2 is 2.05 bits per heavy atom. The van der Waals surface area contributed by atoms with Crippen LogP contribution in [0, 0.1) is 0 Å². The highest BCUT2D eigenvalue weighted by Crippen LogP contribution is 2.28. The number of thiophene rings is 1. The Hall–Kier alpha value is -2.40. The molecule has 2 aromatic heterocycles. The largest absolute Gasteiger partial charge is 0.346 e. The number of benzene rings is 1. The van der Waals surface area contributed by atoms with E-state index in [0.29, 0.717) is 6.54 Å². The van der Waals surface area contributed by atoms with Crippen LogP contribution in [0.2, 0.25) is 0 Å². The molecule has 2 N–H and O–H groups in total. The zero-order valence-electron chi connectivity index (χ0n) is 10.7. The van der Waals surface area contributed by atoms with Crippen LogP contribution in [-0.4, -0.2) is 16.1 Å². The topological polar surface area (TPSA) is 57.8 Å². The van der Waals surface area contributed by atoms with Gasteiger partial charge < -0.3 is 5.32 Å². The molecule has 0 radical (unpaired) electrons. The Morgan fingerprint density at radius 1 is 1.20 bits per heavy atom. The fraction of sp³-hybridized carbons (Fsp3) is 0.0667. The minimum atomic E-state index is -0.0616. The molecule has 0 aliphatic carbocycles. The maximum atomic E-state index is 12.3. The van der Waals surface area contributed by atoms with Gasteiger partial charge in [0.05, 0.1) is 17.1 Å². The number of aromatic nitrogens is 2. The normalized spacial score (nSPS) is 10.4. The summed E-state index contributed by atoms with van der Waals surface area (Å²) in [4.78, 5) is 13.0. The molecule has 1 aromatic carbocycles. The third-order valence-corrected chi connectivity index (χ3v) is 3.87. The smallest absolute Gasteiger partial charge is 0.262 e. The number of aromatic amines is 1. The zero-order chi connectivity index (χ0) is 13.8. The molecule has 0 aliphatic rings. The highest BCUT2D eigenvalue weighted by molar-refractivity contribution is 7.12. The monoisotopic (exact) mass is 283 g/mol. The average Bonchev–Trinajstić information content (AvgIpc) is 3.17. The van der Waals surface area contributed by atoms with Gasteiger partial charge in [0, 0.05) is 11.8 Å². The van der Waals surface area contributed by atoms with Crippen molar-refractivity contribution in [3.05, 3.63) is 64.6 Å². The van der Waals surface area contributed by atoms with Gasteiger partial charge in [-0.25, -0.2) is 0 Å². The van der Waals surface area contributed by atoms with Crippen LogP contribution in [0.25, 0.3) is 11.1 Å². The number of carbonyl (C=O) groups excluding carboxylic acids is 1. The van der Waals surface area contributed by atoms with Crippen molar-refractivity contribution >= 4 is 17.2 Å². The van der Waals surface area contributed by atoms with Gasteiger partial charge in [0.15, 0.2) is 0 Å². The first kappa shape index (κ1) is 12.6. The molecule has 0 spiro atoms. The zero-order valence-corrected chi connectivity index (χ0v) is 11.5. The van der Waals surface area contributed by atoms with Gasteiger partial charge in [-0.2, -0.15) is 5.10 Å². The second-order valence-corrected chi connectivity index (χ2v) is 5.21. The first-order valence-electron chi connectivity index (χ1n) is 6.24. The van der Waals surface area contributed by atoms with Gasteiger partial charge in [-0.1, -0.05) is 30.3 Å². The fourth-order valence-corrected chi connectivity index (χ4v) is 2.80. The summed E-state index contributed by atoms with van der Waals surface area (Å²) in [6, 6.07) is 13.7. The van der Waals surface area contributed by atoms with Crippen LogP contribution in [-0.2, 0) is 6.54 Å². The lowest BCUT2D eigenvalue weighted by atomic mass is 10.1. The second-order valence-electron chi connectivity index (χ2n) is 4.29. The van der Waals surface area contributed by atoms with Crippen LogP contribution in [0.3, 0.4) is 0 Å². The van der Waals surface area contributed by atoms with Crippen molar-refractivity contribution in [2.24, 2.45) is 0 Å². The van der Waals surface area contributed by atoms with E-state index in [2.05, 4.69) is 15.5 Å². The predicted octanol–water partition coefficient (Wildman–Crippen LogP) is 3.07. The van der Waals surface area contributed by atoms with Crippen molar-refractivity contribution < 1.29 is 4.79 Å². The van der Waals surface area contributed by atoms with Gasteiger partial charge in [0.2, 0.25) is 0 Å². The second kappa shape index (κ2) is 5.71. The van der Waals surface area contributed by atoms with Gasteiger partial charge in [-0.15, -0.1) is 11.3 Å². The maximum absolute atomic E-state index is 12.3. The van der Waals surface area contributed by atoms with Crippen molar-refractivity contribution in [3.63, 3.8) is 0 Å². The lowest BCUT2D eigenvalue weighted by Crippen LogP contribution is -2.22. The van der Waals surface area contributed by atoms with Crippen LogP contribution < -0.4 is 5.32 Å². The molecule has 20 heavy (non-hydrogen) atoms. The highest BCUT2D eigenvalue weighted by Gasteiger charge is 2.14. The Kier molecular flexibility index (Phi) is 3.60. The molecule has 0 aliphatic heterocycles. The number of nitrogens with one attached hydrogen (secondary N) is 2. The molecule has 3 aromatic rings. The Labute approximate surface area is 120 Å². The standard InChI is InChI=1S/C15H13N3OS/c19-15(16-10-12-6-8-17-18-12)14-13(7-9-20-14)11-4-2-1-3-5-11/h1-9H,10H2,(H,16,19)(H,17,18). The average molecular weight is 283 g/mol. The van der Waals surface area contributed by atoms with E-state index >= 15 is 0 Å². The maximum Gasteiger partial charge on any atom is 0.262 e. The Bertz CT molecular complexity index is 689. The first-order valence-corrected chi connectivity index (χ1v) is 7.12. The van der Waals surface area contributed by atoms with E-state index in [1.54, 1.807) is 6.20 Å². The van der Waals surface area contributed by atoms with E-state index in [4.69, 9.17) is 0 Å². The molecule has 100 valence electrons. The van der Waals surface area contributed by atoms with Gasteiger partial charge in [0.25, 0.3) is 5.91 Å². The Balaban J connectivity index is 1.77. The minimum Gasteiger partial charge on any atom is -0.346 e. The van der Waals surface area contributed by atoms with Crippen molar-refractivity contribution in [2.45, 2.75) is 6.54 Å². The quantitative estimate of drug-likeness (QED) is 0.773. The summed E-state index contributed by atoms with van der Waals surface area (Å²) < 4.78 is 0. The lowest BCUT2D eigenvalue weighted by Gasteiger charge is -2.05. The summed E-state index contributed by atoms with van der Waals surface area (Å²) in [5.74, 6) is -0.0616. The first-order chi connectivity index (χ1) is 9.84. The highest BCUT2D eigenvalue weighted by atomic mass is 32.1. The van der Waals surface area contributed by atoms with E-state index in [0.717, 1.165) is 21.7 Å². The van der Waals surface area contributed by atoms with Crippen LogP contribution in [0.1, 0.15) is 15.4 Å². The molecule has 0 unspecified atom stereocenters. The summed E-state index contributed by atoms with van der Waals surface area (Å²) in [6.45, 7) is 0.449. The summed E-state index contributed by atoms with van der Waals surface area (Å²) in [5.41, 5.74) is 2.91. The Morgan fingerprint density at radius 3 is 2.80 bits per heavy atom. The molecular weight excluding hydrogens is 270 g/mol. The molecule has 0 saturated heterocycles. The molecule has 1 amide bonds. The number of hydrogen-bond donors (Lipinski definition) is 2. The summed E-state index contributed by atoms with van der Waals surface area (Å²) in [7, 11) is 0. The van der Waals surface area contributed by atoms with Gasteiger partial charge >= 0.3 is 0 Å². The number of carbonyl (C=O) groups is 1. The molecule has 0 fully saturated rings. The molecular formula is C15H13N3OS. The third-order valence-electron chi connectivity index (χ3n) is 2.95. The van der Waals surface area contributed by atoms with Crippen molar-refractivity contribution in [1.82, 2.24) is 15.5 Å². The summed E-state index contributed by atoms with van der Waals surface area (Å²) in [5, 5.41) is 11.5. The fourth-order valence-electron chi connectivity index (χ4n) is 1.97. The number of hydrogen-bond acceptors (Lipinski definition) is 3. The van der Waals surface area contributed by atoms with Gasteiger partial charge in [-0.3, -0.25) is 9.89 Å². The molecule has 4 nitrogen and oxygen atoms in total. The molecule has 2 heterocycles. The van der Waals surface area contributed by atoms with E-state index in [-0.39, 0.29) is 5.91 Å². The number of nitrogens with zero attached hydrogens (tertiary/aromatic N) is 1. The van der Waals surface area contributed by atoms with Crippen LogP contribution in [0.15, 0.2) is 54.0 Å². The van der Waals surface area contributed by atoms with Crippen molar-refractivity contribution in [3.8, 4) is 11.1 Å². The third kappa shape index (κ3) is 2.62. The summed E-state index contributed by atoms with van der Waals surface area (Å²) >= 11 is 1.45. The van der Waals surface area contributed by atoms with E-state index in [9.17, 15) is 4.79 Å². The van der Waals surface area contributed by atoms with E-state index < -0.39 is 0 Å². The SMILES string of the molecule is O=C(NCc1ccn[nH]1)c1sccc1-c1ccccc1. The number of H-pyrrole nitrogens is 1. The molecule has 5 heteroatoms.